The lowest BCUT2D eigenvalue weighted by atomic mass is 10.00. The van der Waals surface area contributed by atoms with Gasteiger partial charge in [-0.05, 0) is 58.0 Å². The van der Waals surface area contributed by atoms with E-state index in [4.69, 9.17) is 11.6 Å². The quantitative estimate of drug-likeness (QED) is 0.261. The molecule has 0 fully saturated rings. The number of anilines is 1. The van der Waals surface area contributed by atoms with Crippen LogP contribution in [0, 0.1) is 11.6 Å². The summed E-state index contributed by atoms with van der Waals surface area (Å²) < 4.78 is 68.3. The summed E-state index contributed by atoms with van der Waals surface area (Å²) in [5.41, 5.74) is -3.30. The molecule has 4 rings (SSSR count). The number of halogens is 6. The molecule has 0 spiro atoms. The number of aliphatic hydroxyl groups is 1. The Labute approximate surface area is 242 Å². The van der Waals surface area contributed by atoms with Crippen LogP contribution in [0.1, 0.15) is 39.0 Å². The molecule has 0 bridgehead atoms. The highest BCUT2D eigenvalue weighted by Crippen LogP contribution is 2.36. The first-order valence-corrected chi connectivity index (χ1v) is 12.9. The third kappa shape index (κ3) is 6.01. The molecule has 1 aliphatic heterocycles. The van der Waals surface area contributed by atoms with Gasteiger partial charge in [0.15, 0.2) is 17.2 Å². The largest absolute Gasteiger partial charge is 0.494 e. The fourth-order valence-corrected chi connectivity index (χ4v) is 4.83. The molecule has 1 atom stereocenters. The van der Waals surface area contributed by atoms with E-state index in [1.807, 2.05) is 0 Å². The van der Waals surface area contributed by atoms with Crippen LogP contribution < -0.4 is 5.32 Å². The number of aliphatic hydroxyl groups excluding tert-OH is 1. The maximum absolute atomic E-state index is 14.5. The Bertz CT molecular complexity index is 1590. The molecule has 42 heavy (non-hydrogen) atoms. The Balaban J connectivity index is 1.77. The van der Waals surface area contributed by atoms with E-state index in [0.717, 1.165) is 11.0 Å². The van der Waals surface area contributed by atoms with Crippen LogP contribution in [0.4, 0.5) is 27.6 Å². The first-order valence-electron chi connectivity index (χ1n) is 12.5. The second-order valence-corrected chi connectivity index (χ2v) is 10.9. The highest BCUT2D eigenvalue weighted by atomic mass is 35.5. The molecule has 0 aliphatic carbocycles. The molecule has 222 valence electrons. The van der Waals surface area contributed by atoms with Crippen molar-refractivity contribution >= 4 is 29.1 Å². The Kier molecular flexibility index (Phi) is 8.18. The molecule has 1 aromatic heterocycles. The third-order valence-corrected chi connectivity index (χ3v) is 6.77. The lowest BCUT2D eigenvalue weighted by Gasteiger charge is -2.48. The highest BCUT2D eigenvalue weighted by Gasteiger charge is 2.45. The fourth-order valence-electron chi connectivity index (χ4n) is 4.66. The van der Waals surface area contributed by atoms with Crippen molar-refractivity contribution in [1.29, 1.82) is 0 Å². The zero-order chi connectivity index (χ0) is 31.1. The van der Waals surface area contributed by atoms with Crippen molar-refractivity contribution in [3.63, 3.8) is 0 Å². The van der Waals surface area contributed by atoms with Crippen molar-refractivity contribution in [2.75, 3.05) is 5.32 Å². The molecule has 2 N–H and O–H groups in total. The van der Waals surface area contributed by atoms with E-state index in [1.54, 1.807) is 27.7 Å². The molecular weight excluding hydrogens is 585 g/mol. The fraction of sp³-hybridized carbons (Fsp3) is 0.286. The highest BCUT2D eigenvalue weighted by molar-refractivity contribution is 6.31. The van der Waals surface area contributed by atoms with Gasteiger partial charge in [0.2, 0.25) is 5.88 Å². The Morgan fingerprint density at radius 3 is 2.43 bits per heavy atom. The van der Waals surface area contributed by atoms with Crippen LogP contribution in [0.3, 0.4) is 0 Å². The number of alkyl halides is 3. The number of benzene rings is 2. The normalized spacial score (nSPS) is 16.2. The molecule has 2 amide bonds. The van der Waals surface area contributed by atoms with Gasteiger partial charge in [-0.2, -0.15) is 13.2 Å². The van der Waals surface area contributed by atoms with Gasteiger partial charge >= 0.3 is 6.18 Å². The number of hydrogen-bond acceptors (Lipinski definition) is 6. The predicted octanol–water partition coefficient (Wildman–Crippen LogP) is 6.29. The van der Waals surface area contributed by atoms with Gasteiger partial charge in [0.25, 0.3) is 11.8 Å². The molecule has 1 aliphatic rings. The van der Waals surface area contributed by atoms with Crippen molar-refractivity contribution in [3.05, 3.63) is 88.2 Å². The van der Waals surface area contributed by atoms with Crippen LogP contribution >= 0.6 is 11.6 Å². The zero-order valence-electron chi connectivity index (χ0n) is 22.7. The topological polar surface area (TPSA) is 98.7 Å². The van der Waals surface area contributed by atoms with Crippen molar-refractivity contribution in [2.24, 2.45) is 0 Å². The van der Waals surface area contributed by atoms with Crippen molar-refractivity contribution in [2.45, 2.75) is 52.1 Å². The van der Waals surface area contributed by atoms with Gasteiger partial charge < -0.3 is 20.2 Å². The number of rotatable bonds is 5. The van der Waals surface area contributed by atoms with E-state index < -0.39 is 65.0 Å². The molecule has 2 aromatic carbocycles. The lowest BCUT2D eigenvalue weighted by Crippen LogP contribution is -2.60. The zero-order valence-corrected chi connectivity index (χ0v) is 23.5. The summed E-state index contributed by atoms with van der Waals surface area (Å²) in [6.07, 6.45) is -4.97. The summed E-state index contributed by atoms with van der Waals surface area (Å²) in [6, 6.07) is 8.06. The van der Waals surface area contributed by atoms with Crippen LogP contribution in [0.25, 0.3) is 11.3 Å². The summed E-state index contributed by atoms with van der Waals surface area (Å²) in [6.45, 7) is 6.23. The average molecular weight is 610 g/mol. The molecule has 0 radical (unpaired) electrons. The molecular formula is C28H25ClF5N5O3. The summed E-state index contributed by atoms with van der Waals surface area (Å²) in [4.78, 5) is 36.8. The number of hydrogen-bond donors (Lipinski definition) is 2. The lowest BCUT2D eigenvalue weighted by molar-refractivity contribution is -0.143. The summed E-state index contributed by atoms with van der Waals surface area (Å²) in [7, 11) is 0. The van der Waals surface area contributed by atoms with Crippen LogP contribution in [0.5, 0.6) is 0 Å². The number of aromatic nitrogens is 2. The van der Waals surface area contributed by atoms with Gasteiger partial charge in [0.05, 0.1) is 17.9 Å². The first-order chi connectivity index (χ1) is 19.5. The monoisotopic (exact) mass is 609 g/mol. The maximum atomic E-state index is 14.5. The van der Waals surface area contributed by atoms with Crippen LogP contribution in [-0.4, -0.2) is 48.4 Å². The van der Waals surface area contributed by atoms with E-state index in [1.165, 1.54) is 35.2 Å². The average Bonchev–Trinajstić information content (AvgIpc) is 2.88. The number of nitrogens with zero attached hydrogens (tertiary/aromatic N) is 4. The minimum Gasteiger partial charge on any atom is -0.494 e. The van der Waals surface area contributed by atoms with Gasteiger partial charge in [-0.25, -0.2) is 18.7 Å². The van der Waals surface area contributed by atoms with Crippen LogP contribution in [0.2, 0.25) is 5.02 Å². The second kappa shape index (κ2) is 11.2. The smallest absolute Gasteiger partial charge is 0.433 e. The molecule has 3 aromatic rings. The van der Waals surface area contributed by atoms with Crippen molar-refractivity contribution in [1.82, 2.24) is 19.8 Å². The maximum Gasteiger partial charge on any atom is 0.433 e. The number of amides is 2. The second-order valence-electron chi connectivity index (χ2n) is 10.4. The number of carbonyl (C=O) groups excluding carboxylic acids is 2. The molecule has 1 unspecified atom stereocenters. The van der Waals surface area contributed by atoms with E-state index in [0.29, 0.717) is 12.4 Å². The minimum absolute atomic E-state index is 0.0215. The number of carbonyl (C=O) groups is 2. The van der Waals surface area contributed by atoms with Crippen molar-refractivity contribution in [3.8, 4) is 11.3 Å². The standard InChI is InChI=1S/C28H25ClF5N5O3/c1-14-38(12-15-6-5-7-18(30)23(15)31)25(41)22(26(42)39(14)27(2,3)4)24(40)37-19-9-8-16(29)10-17(19)20-11-21(28(32,33)34)36-13-35-20/h5-11,13-14,42H,12H2,1-4H3,(H,37,40). The van der Waals surface area contributed by atoms with E-state index in [2.05, 4.69) is 15.3 Å². The molecule has 2 heterocycles. The van der Waals surface area contributed by atoms with Crippen molar-refractivity contribution < 1.29 is 36.6 Å². The van der Waals surface area contributed by atoms with Crippen LogP contribution in [0.15, 0.2) is 60.2 Å². The van der Waals surface area contributed by atoms with E-state index in [-0.39, 0.29) is 27.5 Å². The Morgan fingerprint density at radius 1 is 1.10 bits per heavy atom. The third-order valence-electron chi connectivity index (χ3n) is 6.54. The van der Waals surface area contributed by atoms with Crippen LogP contribution in [-0.2, 0) is 22.3 Å². The van der Waals surface area contributed by atoms with E-state index >= 15 is 0 Å². The SMILES string of the molecule is CC1N(Cc2cccc(F)c2F)C(=O)C(C(=O)Nc2ccc(Cl)cc2-c2cc(C(F)(F)F)ncn2)=C(O)N1C(C)(C)C. The van der Waals surface area contributed by atoms with Gasteiger partial charge in [0.1, 0.15) is 18.2 Å². The molecule has 8 nitrogen and oxygen atoms in total. The van der Waals surface area contributed by atoms with Gasteiger partial charge in [-0.1, -0.05) is 23.7 Å². The molecule has 0 saturated carbocycles. The van der Waals surface area contributed by atoms with Gasteiger partial charge in [-0.15, -0.1) is 0 Å². The predicted molar refractivity (Wildman–Crippen MR) is 144 cm³/mol. The molecule has 0 saturated heterocycles. The summed E-state index contributed by atoms with van der Waals surface area (Å²) >= 11 is 6.08. The van der Waals surface area contributed by atoms with E-state index in [9.17, 15) is 36.6 Å². The molecule has 14 heteroatoms. The van der Waals surface area contributed by atoms with Gasteiger partial charge in [0, 0.05) is 21.7 Å². The van der Waals surface area contributed by atoms with Gasteiger partial charge in [-0.3, -0.25) is 9.59 Å². The Morgan fingerprint density at radius 2 is 1.79 bits per heavy atom. The summed E-state index contributed by atoms with van der Waals surface area (Å²) in [5.74, 6) is -5.07. The Hall–Kier alpha value is -4.26. The minimum atomic E-state index is -4.78. The summed E-state index contributed by atoms with van der Waals surface area (Å²) in [5, 5.41) is 13.8. The first kappa shape index (κ1) is 30.7. The number of nitrogens with one attached hydrogen (secondary N) is 1.